The van der Waals surface area contributed by atoms with Crippen molar-refractivity contribution in [2.45, 2.75) is 19.3 Å². The highest BCUT2D eigenvalue weighted by Gasteiger charge is 2.24. The van der Waals surface area contributed by atoms with Crippen molar-refractivity contribution in [1.82, 2.24) is 0 Å². The number of benzene rings is 2. The average molecular weight is 339 g/mol. The van der Waals surface area contributed by atoms with E-state index < -0.39 is 0 Å². The Bertz CT molecular complexity index is 787. The molecule has 0 saturated carbocycles. The number of hydrogen-bond acceptors (Lipinski definition) is 4. The van der Waals surface area contributed by atoms with Gasteiger partial charge in [0.05, 0.1) is 19.2 Å². The monoisotopic (exact) mass is 339 g/mol. The molecule has 1 saturated heterocycles. The predicted octanol–water partition coefficient (Wildman–Crippen LogP) is 2.59. The smallest absolute Gasteiger partial charge is 0.228 e. The van der Waals surface area contributed by atoms with Crippen LogP contribution in [0, 0.1) is 0 Å². The van der Waals surface area contributed by atoms with Crippen molar-refractivity contribution >= 4 is 28.9 Å². The summed E-state index contributed by atoms with van der Waals surface area (Å²) in [6.07, 6.45) is 1.67. The molecular weight excluding hydrogens is 318 g/mol. The third-order valence-corrected chi connectivity index (χ3v) is 4.17. The maximum atomic E-state index is 12.2. The minimum atomic E-state index is -0.128. The van der Waals surface area contributed by atoms with Crippen LogP contribution in [0.2, 0.25) is 0 Å². The van der Waals surface area contributed by atoms with Crippen LogP contribution in [0.15, 0.2) is 42.5 Å². The summed E-state index contributed by atoms with van der Waals surface area (Å²) < 4.78 is 5.40. The van der Waals surface area contributed by atoms with E-state index in [4.69, 9.17) is 10.5 Å². The molecule has 1 aliphatic heterocycles. The molecule has 3 N–H and O–H groups in total. The van der Waals surface area contributed by atoms with Crippen LogP contribution in [0.5, 0.6) is 5.75 Å². The second-order valence-electron chi connectivity index (χ2n) is 6.00. The maximum Gasteiger partial charge on any atom is 0.228 e. The topological polar surface area (TPSA) is 84.7 Å². The van der Waals surface area contributed by atoms with Crippen LogP contribution in [0.1, 0.15) is 18.4 Å². The fraction of sp³-hybridized carbons (Fsp3) is 0.263. The lowest BCUT2D eigenvalue weighted by Gasteiger charge is -2.19. The van der Waals surface area contributed by atoms with Gasteiger partial charge in [-0.05, 0) is 36.2 Å². The fourth-order valence-corrected chi connectivity index (χ4v) is 2.91. The third kappa shape index (κ3) is 3.91. The number of carbonyl (C=O) groups excluding carboxylic acids is 2. The first-order chi connectivity index (χ1) is 12.1. The summed E-state index contributed by atoms with van der Waals surface area (Å²) in [5.41, 5.74) is 8.57. The molecule has 3 rings (SSSR count). The number of nitrogen functional groups attached to an aromatic ring is 1. The van der Waals surface area contributed by atoms with Gasteiger partial charge in [0.25, 0.3) is 0 Å². The van der Waals surface area contributed by atoms with Crippen molar-refractivity contribution in [3.63, 3.8) is 0 Å². The van der Waals surface area contributed by atoms with Gasteiger partial charge in [0, 0.05) is 30.4 Å². The molecule has 1 heterocycles. The van der Waals surface area contributed by atoms with Gasteiger partial charge in [-0.3, -0.25) is 9.59 Å². The molecule has 2 aromatic carbocycles. The molecule has 0 radical (unpaired) electrons. The van der Waals surface area contributed by atoms with Crippen molar-refractivity contribution < 1.29 is 14.3 Å². The second kappa shape index (κ2) is 7.25. The van der Waals surface area contributed by atoms with E-state index in [1.165, 1.54) is 0 Å². The van der Waals surface area contributed by atoms with E-state index in [-0.39, 0.29) is 18.2 Å². The third-order valence-electron chi connectivity index (χ3n) is 4.17. The number of anilines is 3. The summed E-state index contributed by atoms with van der Waals surface area (Å²) in [7, 11) is 1.55. The molecule has 1 fully saturated rings. The van der Waals surface area contributed by atoms with E-state index >= 15 is 0 Å². The first kappa shape index (κ1) is 16.8. The standard InChI is InChI=1S/C19H21N3O3/c1-25-17-12-15(8-9-16(17)22-10-2-3-19(22)24)21-18(23)11-13-4-6-14(20)7-5-13/h4-9,12H,2-3,10-11,20H2,1H3,(H,21,23). The van der Waals surface area contributed by atoms with Crippen LogP contribution in [0.4, 0.5) is 17.1 Å². The molecule has 0 atom stereocenters. The SMILES string of the molecule is COc1cc(NC(=O)Cc2ccc(N)cc2)ccc1N1CCCC1=O. The maximum absolute atomic E-state index is 12.2. The highest BCUT2D eigenvalue weighted by atomic mass is 16.5. The Labute approximate surface area is 146 Å². The van der Waals surface area contributed by atoms with Gasteiger partial charge in [0.1, 0.15) is 5.75 Å². The van der Waals surface area contributed by atoms with Crippen LogP contribution in [-0.4, -0.2) is 25.5 Å². The summed E-state index contributed by atoms with van der Waals surface area (Å²) in [6.45, 7) is 0.692. The molecule has 0 aromatic heterocycles. The van der Waals surface area contributed by atoms with E-state index in [1.807, 2.05) is 12.1 Å². The highest BCUT2D eigenvalue weighted by molar-refractivity contribution is 5.98. The number of nitrogens with one attached hydrogen (secondary N) is 1. The van der Waals surface area contributed by atoms with Crippen molar-refractivity contribution in [1.29, 1.82) is 0 Å². The van der Waals surface area contributed by atoms with Gasteiger partial charge >= 0.3 is 0 Å². The average Bonchev–Trinajstić information content (AvgIpc) is 3.02. The molecule has 0 spiro atoms. The Morgan fingerprint density at radius 1 is 1.24 bits per heavy atom. The zero-order valence-corrected chi connectivity index (χ0v) is 14.1. The zero-order chi connectivity index (χ0) is 17.8. The lowest BCUT2D eigenvalue weighted by Crippen LogP contribution is -2.24. The molecule has 25 heavy (non-hydrogen) atoms. The molecule has 2 amide bonds. The number of rotatable bonds is 5. The van der Waals surface area contributed by atoms with E-state index in [0.29, 0.717) is 30.1 Å². The van der Waals surface area contributed by atoms with Crippen molar-refractivity contribution in [3.05, 3.63) is 48.0 Å². The number of hydrogen-bond donors (Lipinski definition) is 2. The fourth-order valence-electron chi connectivity index (χ4n) is 2.91. The summed E-state index contributed by atoms with van der Waals surface area (Å²) in [5, 5.41) is 2.86. The Hall–Kier alpha value is -3.02. The van der Waals surface area contributed by atoms with Gasteiger partial charge in [-0.15, -0.1) is 0 Å². The predicted molar refractivity (Wildman–Crippen MR) is 97.8 cm³/mol. The summed E-state index contributed by atoms with van der Waals surface area (Å²) in [5.74, 6) is 0.538. The molecule has 2 aromatic rings. The van der Waals surface area contributed by atoms with Crippen LogP contribution in [0.3, 0.4) is 0 Å². The van der Waals surface area contributed by atoms with Crippen LogP contribution in [0.25, 0.3) is 0 Å². The molecule has 0 bridgehead atoms. The zero-order valence-electron chi connectivity index (χ0n) is 14.1. The van der Waals surface area contributed by atoms with Crippen LogP contribution < -0.4 is 20.7 Å². The quantitative estimate of drug-likeness (QED) is 0.820. The van der Waals surface area contributed by atoms with Gasteiger partial charge in [-0.1, -0.05) is 12.1 Å². The lowest BCUT2D eigenvalue weighted by molar-refractivity contribution is -0.117. The summed E-state index contributed by atoms with van der Waals surface area (Å²) in [6, 6.07) is 12.5. The van der Waals surface area contributed by atoms with Gasteiger partial charge in [-0.2, -0.15) is 0 Å². The number of ether oxygens (including phenoxy) is 1. The Morgan fingerprint density at radius 3 is 2.64 bits per heavy atom. The normalized spacial score (nSPS) is 13.8. The minimum Gasteiger partial charge on any atom is -0.494 e. The number of nitrogens with two attached hydrogens (primary N) is 1. The van der Waals surface area contributed by atoms with Gasteiger partial charge in [0.15, 0.2) is 0 Å². The lowest BCUT2D eigenvalue weighted by atomic mass is 10.1. The number of amides is 2. The molecule has 0 aliphatic carbocycles. The van der Waals surface area contributed by atoms with E-state index in [1.54, 1.807) is 42.3 Å². The van der Waals surface area contributed by atoms with Crippen molar-refractivity contribution in [3.8, 4) is 5.75 Å². The Balaban J connectivity index is 1.71. The number of methoxy groups -OCH3 is 1. The molecular formula is C19H21N3O3. The van der Waals surface area contributed by atoms with Crippen LogP contribution in [-0.2, 0) is 16.0 Å². The van der Waals surface area contributed by atoms with Crippen molar-refractivity contribution in [2.75, 3.05) is 29.6 Å². The van der Waals surface area contributed by atoms with Gasteiger partial charge < -0.3 is 20.7 Å². The Morgan fingerprint density at radius 2 is 2.00 bits per heavy atom. The Kier molecular flexibility index (Phi) is 4.88. The van der Waals surface area contributed by atoms with E-state index in [2.05, 4.69) is 5.32 Å². The molecule has 0 unspecified atom stereocenters. The number of carbonyl (C=O) groups is 2. The van der Waals surface area contributed by atoms with Crippen molar-refractivity contribution in [2.24, 2.45) is 0 Å². The molecule has 6 nitrogen and oxygen atoms in total. The van der Waals surface area contributed by atoms with E-state index in [9.17, 15) is 9.59 Å². The van der Waals surface area contributed by atoms with Crippen LogP contribution >= 0.6 is 0 Å². The van der Waals surface area contributed by atoms with E-state index in [0.717, 1.165) is 17.7 Å². The number of nitrogens with zero attached hydrogens (tertiary/aromatic N) is 1. The second-order valence-corrected chi connectivity index (χ2v) is 6.00. The minimum absolute atomic E-state index is 0.0958. The molecule has 1 aliphatic rings. The summed E-state index contributed by atoms with van der Waals surface area (Å²) in [4.78, 5) is 25.9. The summed E-state index contributed by atoms with van der Waals surface area (Å²) >= 11 is 0. The molecule has 130 valence electrons. The van der Waals surface area contributed by atoms with Gasteiger partial charge in [0.2, 0.25) is 11.8 Å². The highest BCUT2D eigenvalue weighted by Crippen LogP contribution is 2.33. The first-order valence-electron chi connectivity index (χ1n) is 8.19. The largest absolute Gasteiger partial charge is 0.494 e. The first-order valence-corrected chi connectivity index (χ1v) is 8.19. The van der Waals surface area contributed by atoms with Gasteiger partial charge in [-0.25, -0.2) is 0 Å². The molecule has 6 heteroatoms.